The summed E-state index contributed by atoms with van der Waals surface area (Å²) in [5.74, 6) is 0. The van der Waals surface area contributed by atoms with Crippen LogP contribution < -0.4 is 5.32 Å². The van der Waals surface area contributed by atoms with Crippen molar-refractivity contribution in [3.05, 3.63) is 23.9 Å². The van der Waals surface area contributed by atoms with Gasteiger partial charge in [-0.15, -0.1) is 0 Å². The molecule has 0 saturated carbocycles. The van der Waals surface area contributed by atoms with Crippen molar-refractivity contribution in [1.29, 1.82) is 0 Å². The molecular weight excluding hydrogens is 229 g/mol. The molecule has 0 atom stereocenters. The zero-order valence-corrected chi connectivity index (χ0v) is 6.88. The topological polar surface area (TPSA) is 29.1 Å². The van der Waals surface area contributed by atoms with E-state index >= 15 is 0 Å². The van der Waals surface area contributed by atoms with E-state index in [4.69, 9.17) is 0 Å². The molecule has 1 N–H and O–H groups in total. The zero-order valence-electron chi connectivity index (χ0n) is 4.73. The molecule has 0 spiro atoms. The van der Waals surface area contributed by atoms with Crippen LogP contribution in [0.15, 0.2) is 23.9 Å². The van der Waals surface area contributed by atoms with Crippen LogP contribution >= 0.6 is 22.6 Å². The Morgan fingerprint density at radius 2 is 2.56 bits per heavy atom. The van der Waals surface area contributed by atoms with E-state index < -0.39 is 0 Å². The van der Waals surface area contributed by atoms with Gasteiger partial charge in [-0.05, 0) is 0 Å². The quantitative estimate of drug-likeness (QED) is 0.542. The number of hydrogen-bond donors (Lipinski definition) is 1. The Morgan fingerprint density at radius 3 is 2.89 bits per heavy atom. The van der Waals surface area contributed by atoms with Crippen LogP contribution in [0, 0.1) is 0 Å². The number of rotatable bonds is 1. The number of hydrogen-bond acceptors (Lipinski definition) is 2. The van der Waals surface area contributed by atoms with Gasteiger partial charge >= 0.3 is 0 Å². The Balaban J connectivity index is 2.69. The first kappa shape index (κ1) is 6.80. The first-order valence-corrected chi connectivity index (χ1v) is 3.68. The fourth-order valence-electron chi connectivity index (χ4n) is 0.593. The number of nitrogens with one attached hydrogen (secondary N) is 1. The minimum atomic E-state index is 0.0797. The molecule has 1 aliphatic rings. The number of carbonyl (C=O) groups is 1. The van der Waals surface area contributed by atoms with E-state index in [1.165, 1.54) is 0 Å². The summed E-state index contributed by atoms with van der Waals surface area (Å²) in [5.41, 5.74) is 0.738. The van der Waals surface area contributed by atoms with E-state index in [0.717, 1.165) is 12.1 Å². The first-order valence-electron chi connectivity index (χ1n) is 2.60. The van der Waals surface area contributed by atoms with E-state index in [0.29, 0.717) is 0 Å². The molecule has 0 bridgehead atoms. The van der Waals surface area contributed by atoms with Crippen molar-refractivity contribution >= 4 is 26.4 Å². The fourth-order valence-corrected chi connectivity index (χ4v) is 0.929. The van der Waals surface area contributed by atoms with E-state index in [1.807, 2.05) is 12.2 Å². The van der Waals surface area contributed by atoms with Gasteiger partial charge in [0.2, 0.25) is 3.79 Å². The highest BCUT2D eigenvalue weighted by atomic mass is 127. The van der Waals surface area contributed by atoms with E-state index in [1.54, 1.807) is 28.8 Å². The predicted molar refractivity (Wildman–Crippen MR) is 44.3 cm³/mol. The molecule has 0 aromatic heterocycles. The highest BCUT2D eigenvalue weighted by molar-refractivity contribution is 14.1. The van der Waals surface area contributed by atoms with Crippen molar-refractivity contribution in [1.82, 2.24) is 5.32 Å². The Morgan fingerprint density at radius 1 is 1.78 bits per heavy atom. The van der Waals surface area contributed by atoms with Gasteiger partial charge in [0, 0.05) is 40.9 Å². The molecule has 0 aromatic rings. The molecule has 1 heterocycles. The second kappa shape index (κ2) is 3.00. The molecule has 1 rings (SSSR count). The van der Waals surface area contributed by atoms with Crippen molar-refractivity contribution in [2.45, 2.75) is 0 Å². The number of halogens is 1. The molecule has 0 aliphatic carbocycles. The monoisotopic (exact) mass is 235 g/mol. The number of carbonyl (C=O) groups excluding carboxylic acids is 1. The van der Waals surface area contributed by atoms with Crippen molar-refractivity contribution in [3.8, 4) is 0 Å². The Kier molecular flexibility index (Phi) is 2.27. The molecule has 0 amide bonds. The number of allylic oxidation sites excluding steroid dienone is 2. The zero-order chi connectivity index (χ0) is 6.69. The van der Waals surface area contributed by atoms with Crippen LogP contribution in [0.1, 0.15) is 0 Å². The second-order valence-corrected chi connectivity index (χ2v) is 2.66. The van der Waals surface area contributed by atoms with Crippen LogP contribution in [-0.2, 0) is 4.79 Å². The maximum Gasteiger partial charge on any atom is 0.223 e. The molecule has 48 valence electrons. The van der Waals surface area contributed by atoms with Gasteiger partial charge in [-0.2, -0.15) is 0 Å². The van der Waals surface area contributed by atoms with Crippen LogP contribution in [0.2, 0.25) is 0 Å². The highest BCUT2D eigenvalue weighted by Gasteiger charge is 2.01. The van der Waals surface area contributed by atoms with Gasteiger partial charge < -0.3 is 5.32 Å². The maximum atomic E-state index is 10.6. The summed E-state index contributed by atoms with van der Waals surface area (Å²) < 4.78 is 0.0797. The molecule has 9 heavy (non-hydrogen) atoms. The lowest BCUT2D eigenvalue weighted by molar-refractivity contribution is -0.106. The summed E-state index contributed by atoms with van der Waals surface area (Å²) >= 11 is 1.76. The van der Waals surface area contributed by atoms with Gasteiger partial charge in [0.25, 0.3) is 0 Å². The molecular formula is C6H6INO. The van der Waals surface area contributed by atoms with E-state index in [2.05, 4.69) is 5.32 Å². The maximum absolute atomic E-state index is 10.6. The van der Waals surface area contributed by atoms with Crippen molar-refractivity contribution < 1.29 is 4.79 Å². The second-order valence-electron chi connectivity index (χ2n) is 1.68. The van der Waals surface area contributed by atoms with E-state index in [-0.39, 0.29) is 3.79 Å². The van der Waals surface area contributed by atoms with Crippen molar-refractivity contribution in [3.63, 3.8) is 0 Å². The average Bonchev–Trinajstić information content (AvgIpc) is 1.90. The summed E-state index contributed by atoms with van der Waals surface area (Å²) in [6, 6.07) is 0. The molecule has 0 unspecified atom stereocenters. The van der Waals surface area contributed by atoms with Crippen LogP contribution in [0.25, 0.3) is 0 Å². The average molecular weight is 235 g/mol. The third-order valence-corrected chi connectivity index (χ3v) is 1.64. The third-order valence-electron chi connectivity index (χ3n) is 1.02. The normalized spacial score (nSPS) is 16.3. The Bertz CT molecular complexity index is 183. The molecule has 2 nitrogen and oxygen atoms in total. The Labute approximate surface area is 67.2 Å². The SMILES string of the molecule is O=C(I)C1=CNCC=C1. The van der Waals surface area contributed by atoms with Gasteiger partial charge in [-0.25, -0.2) is 0 Å². The fraction of sp³-hybridized carbons (Fsp3) is 0.167. The van der Waals surface area contributed by atoms with Gasteiger partial charge in [-0.1, -0.05) is 12.2 Å². The standard InChI is InChI=1S/C6H6INO/c7-6(9)5-2-1-3-8-4-5/h1-2,4,8H,3H2. The highest BCUT2D eigenvalue weighted by Crippen LogP contribution is 2.05. The summed E-state index contributed by atoms with van der Waals surface area (Å²) in [6.07, 6.45) is 5.48. The summed E-state index contributed by atoms with van der Waals surface area (Å²) in [6.45, 7) is 0.827. The minimum Gasteiger partial charge on any atom is -0.387 e. The lowest BCUT2D eigenvalue weighted by Gasteiger charge is -2.02. The first-order chi connectivity index (χ1) is 4.30. The molecule has 0 aromatic carbocycles. The Hall–Kier alpha value is -0.320. The van der Waals surface area contributed by atoms with Gasteiger partial charge in [0.1, 0.15) is 0 Å². The predicted octanol–water partition coefficient (Wildman–Crippen LogP) is 0.991. The third kappa shape index (κ3) is 1.82. The summed E-state index contributed by atoms with van der Waals surface area (Å²) in [7, 11) is 0. The molecule has 0 fully saturated rings. The molecule has 0 saturated heterocycles. The molecule has 0 radical (unpaired) electrons. The van der Waals surface area contributed by atoms with Crippen molar-refractivity contribution in [2.24, 2.45) is 0 Å². The summed E-state index contributed by atoms with van der Waals surface area (Å²) in [4.78, 5) is 10.6. The van der Waals surface area contributed by atoms with Crippen LogP contribution in [0.5, 0.6) is 0 Å². The van der Waals surface area contributed by atoms with Gasteiger partial charge in [0.15, 0.2) is 0 Å². The smallest absolute Gasteiger partial charge is 0.223 e. The lowest BCUT2D eigenvalue weighted by Crippen LogP contribution is -2.10. The summed E-state index contributed by atoms with van der Waals surface area (Å²) in [5, 5.41) is 2.94. The van der Waals surface area contributed by atoms with E-state index in [9.17, 15) is 4.79 Å². The lowest BCUT2D eigenvalue weighted by atomic mass is 10.2. The van der Waals surface area contributed by atoms with Gasteiger partial charge in [-0.3, -0.25) is 4.79 Å². The minimum absolute atomic E-state index is 0.0797. The largest absolute Gasteiger partial charge is 0.387 e. The molecule has 1 aliphatic heterocycles. The van der Waals surface area contributed by atoms with Crippen LogP contribution in [0.4, 0.5) is 0 Å². The van der Waals surface area contributed by atoms with Crippen LogP contribution in [-0.4, -0.2) is 10.3 Å². The molecule has 3 heteroatoms. The number of dihydropyridines is 1. The van der Waals surface area contributed by atoms with Crippen LogP contribution in [0.3, 0.4) is 0 Å². The van der Waals surface area contributed by atoms with Crippen molar-refractivity contribution in [2.75, 3.05) is 6.54 Å². The van der Waals surface area contributed by atoms with Gasteiger partial charge in [0.05, 0.1) is 0 Å².